The van der Waals surface area contributed by atoms with Crippen LogP contribution in [0.2, 0.25) is 0 Å². The molecule has 0 spiro atoms. The number of carbonyl (C=O) groups is 2. The maximum absolute atomic E-state index is 12.5. The van der Waals surface area contributed by atoms with Crippen molar-refractivity contribution in [1.82, 2.24) is 15.2 Å². The summed E-state index contributed by atoms with van der Waals surface area (Å²) < 4.78 is 5.35. The largest absolute Gasteiger partial charge is 0.397 e. The first kappa shape index (κ1) is 13.8. The van der Waals surface area contributed by atoms with Crippen molar-refractivity contribution in [3.05, 3.63) is 24.0 Å². The summed E-state index contributed by atoms with van der Waals surface area (Å²) in [4.78, 5) is 30.3. The molecule has 7 nitrogen and oxygen atoms in total. The Morgan fingerprint density at radius 2 is 2.19 bits per heavy atom. The molecule has 0 bridgehead atoms. The van der Waals surface area contributed by atoms with Crippen LogP contribution in [0.3, 0.4) is 0 Å². The number of nitrogens with one attached hydrogen (secondary N) is 1. The Balaban J connectivity index is 1.74. The van der Waals surface area contributed by atoms with Gasteiger partial charge in [-0.2, -0.15) is 0 Å². The minimum Gasteiger partial charge on any atom is -0.397 e. The number of pyridine rings is 1. The van der Waals surface area contributed by atoms with Crippen molar-refractivity contribution in [2.45, 2.75) is 24.9 Å². The van der Waals surface area contributed by atoms with Crippen molar-refractivity contribution in [2.75, 3.05) is 25.5 Å². The van der Waals surface area contributed by atoms with E-state index in [4.69, 9.17) is 10.5 Å². The molecule has 21 heavy (non-hydrogen) atoms. The van der Waals surface area contributed by atoms with Gasteiger partial charge in [-0.05, 0) is 25.0 Å². The molecule has 112 valence electrons. The first-order valence-corrected chi connectivity index (χ1v) is 7.06. The Morgan fingerprint density at radius 3 is 2.86 bits per heavy atom. The smallest absolute Gasteiger partial charge is 0.273 e. The summed E-state index contributed by atoms with van der Waals surface area (Å²) in [6, 6.07) is 2.86. The quantitative estimate of drug-likeness (QED) is 0.802. The van der Waals surface area contributed by atoms with Crippen molar-refractivity contribution in [3.63, 3.8) is 0 Å². The summed E-state index contributed by atoms with van der Waals surface area (Å²) in [5.74, 6) is -0.421. The third-order valence-corrected chi connectivity index (χ3v) is 3.62. The van der Waals surface area contributed by atoms with Crippen molar-refractivity contribution in [3.8, 4) is 0 Å². The van der Waals surface area contributed by atoms with Gasteiger partial charge < -0.3 is 20.7 Å². The van der Waals surface area contributed by atoms with E-state index in [0.717, 1.165) is 12.8 Å². The van der Waals surface area contributed by atoms with E-state index in [-0.39, 0.29) is 30.2 Å². The van der Waals surface area contributed by atoms with E-state index >= 15 is 0 Å². The third kappa shape index (κ3) is 3.13. The Kier molecular flexibility index (Phi) is 3.74. The molecule has 2 aliphatic rings. The van der Waals surface area contributed by atoms with Gasteiger partial charge in [-0.3, -0.25) is 9.59 Å². The second kappa shape index (κ2) is 5.69. The third-order valence-electron chi connectivity index (χ3n) is 3.62. The van der Waals surface area contributed by atoms with Crippen molar-refractivity contribution < 1.29 is 14.3 Å². The molecule has 2 heterocycles. The monoisotopic (exact) mass is 290 g/mol. The fourth-order valence-electron chi connectivity index (χ4n) is 2.27. The zero-order valence-corrected chi connectivity index (χ0v) is 11.6. The van der Waals surface area contributed by atoms with Gasteiger partial charge in [-0.25, -0.2) is 4.98 Å². The topological polar surface area (TPSA) is 97.5 Å². The molecule has 7 heteroatoms. The molecule has 3 rings (SSSR count). The molecule has 1 saturated heterocycles. The number of carbonyl (C=O) groups excluding carboxylic acids is 2. The molecule has 1 aromatic heterocycles. The Labute approximate surface area is 122 Å². The maximum Gasteiger partial charge on any atom is 0.273 e. The number of morpholine rings is 1. The van der Waals surface area contributed by atoms with Crippen molar-refractivity contribution in [2.24, 2.45) is 0 Å². The van der Waals surface area contributed by atoms with Gasteiger partial charge >= 0.3 is 0 Å². The molecule has 2 amide bonds. The lowest BCUT2D eigenvalue weighted by Crippen LogP contribution is -2.56. The zero-order valence-electron chi connectivity index (χ0n) is 11.6. The number of hydrogen-bond donors (Lipinski definition) is 2. The van der Waals surface area contributed by atoms with Crippen LogP contribution in [0.25, 0.3) is 0 Å². The molecule has 2 fully saturated rings. The van der Waals surface area contributed by atoms with Gasteiger partial charge in [0.05, 0.1) is 25.1 Å². The summed E-state index contributed by atoms with van der Waals surface area (Å²) in [5.41, 5.74) is 6.36. The molecule has 1 unspecified atom stereocenters. The first-order valence-electron chi connectivity index (χ1n) is 7.06. The summed E-state index contributed by atoms with van der Waals surface area (Å²) >= 11 is 0. The second-order valence-corrected chi connectivity index (χ2v) is 5.35. The number of nitrogens with two attached hydrogens (primary N) is 1. The molecular weight excluding hydrogens is 272 g/mol. The van der Waals surface area contributed by atoms with Gasteiger partial charge in [0, 0.05) is 12.6 Å². The SMILES string of the molecule is Nc1ccc(C(=O)N2CCOCC2C(=O)NC2CC2)nc1. The number of anilines is 1. The van der Waals surface area contributed by atoms with Crippen LogP contribution in [0, 0.1) is 0 Å². The molecule has 0 aromatic carbocycles. The highest BCUT2D eigenvalue weighted by Crippen LogP contribution is 2.20. The molecular formula is C14H18N4O3. The van der Waals surface area contributed by atoms with Crippen LogP contribution in [0.5, 0.6) is 0 Å². The molecule has 1 aliphatic carbocycles. The van der Waals surface area contributed by atoms with E-state index in [9.17, 15) is 9.59 Å². The van der Waals surface area contributed by atoms with E-state index in [0.29, 0.717) is 18.8 Å². The van der Waals surface area contributed by atoms with E-state index in [1.807, 2.05) is 0 Å². The van der Waals surface area contributed by atoms with Gasteiger partial charge in [0.1, 0.15) is 11.7 Å². The number of ether oxygens (including phenoxy) is 1. The maximum atomic E-state index is 12.5. The van der Waals surface area contributed by atoms with Gasteiger partial charge in [-0.15, -0.1) is 0 Å². The Hall–Kier alpha value is -2.15. The normalized spacial score (nSPS) is 21.9. The number of amides is 2. The first-order chi connectivity index (χ1) is 10.1. The highest BCUT2D eigenvalue weighted by Gasteiger charge is 2.36. The molecule has 3 N–H and O–H groups in total. The zero-order chi connectivity index (χ0) is 14.8. The van der Waals surface area contributed by atoms with E-state index < -0.39 is 6.04 Å². The predicted molar refractivity (Wildman–Crippen MR) is 75.5 cm³/mol. The number of nitrogens with zero attached hydrogens (tertiary/aromatic N) is 2. The lowest BCUT2D eigenvalue weighted by atomic mass is 10.2. The van der Waals surface area contributed by atoms with Gasteiger partial charge in [0.2, 0.25) is 5.91 Å². The molecule has 0 radical (unpaired) electrons. The van der Waals surface area contributed by atoms with Gasteiger partial charge in [0.15, 0.2) is 0 Å². The average molecular weight is 290 g/mol. The van der Waals surface area contributed by atoms with Crippen LogP contribution in [-0.4, -0.2) is 53.5 Å². The summed E-state index contributed by atoms with van der Waals surface area (Å²) in [7, 11) is 0. The number of aromatic nitrogens is 1. The average Bonchev–Trinajstić information content (AvgIpc) is 3.31. The fourth-order valence-corrected chi connectivity index (χ4v) is 2.27. The van der Waals surface area contributed by atoms with Crippen LogP contribution in [0.15, 0.2) is 18.3 Å². The highest BCUT2D eigenvalue weighted by molar-refractivity contribution is 5.96. The van der Waals surface area contributed by atoms with Crippen LogP contribution in [0.4, 0.5) is 5.69 Å². The highest BCUT2D eigenvalue weighted by atomic mass is 16.5. The summed E-state index contributed by atoms with van der Waals surface area (Å²) in [6.07, 6.45) is 3.45. The van der Waals surface area contributed by atoms with Crippen LogP contribution in [0.1, 0.15) is 23.3 Å². The van der Waals surface area contributed by atoms with Gasteiger partial charge in [0.25, 0.3) is 5.91 Å². The summed E-state index contributed by atoms with van der Waals surface area (Å²) in [5, 5.41) is 2.92. The van der Waals surface area contributed by atoms with Crippen molar-refractivity contribution >= 4 is 17.5 Å². The van der Waals surface area contributed by atoms with Gasteiger partial charge in [-0.1, -0.05) is 0 Å². The van der Waals surface area contributed by atoms with E-state index in [1.165, 1.54) is 11.1 Å². The molecule has 1 atom stereocenters. The predicted octanol–water partition coefficient (Wildman–Crippen LogP) is -0.217. The van der Waals surface area contributed by atoms with Crippen LogP contribution >= 0.6 is 0 Å². The van der Waals surface area contributed by atoms with E-state index in [1.54, 1.807) is 12.1 Å². The molecule has 1 aromatic rings. The lowest BCUT2D eigenvalue weighted by Gasteiger charge is -2.34. The number of nitrogen functional groups attached to an aromatic ring is 1. The minimum atomic E-state index is -0.591. The number of rotatable bonds is 3. The van der Waals surface area contributed by atoms with Crippen LogP contribution in [-0.2, 0) is 9.53 Å². The standard InChI is InChI=1S/C14H18N4O3/c15-9-1-4-11(16-7-9)14(20)18-5-6-21-8-12(18)13(19)17-10-2-3-10/h1,4,7,10,12H,2-3,5-6,8,15H2,(H,17,19). The molecule has 1 aliphatic heterocycles. The Morgan fingerprint density at radius 1 is 1.38 bits per heavy atom. The fraction of sp³-hybridized carbons (Fsp3) is 0.500. The molecule has 1 saturated carbocycles. The van der Waals surface area contributed by atoms with Crippen LogP contribution < -0.4 is 11.1 Å². The minimum absolute atomic E-state index is 0.152. The van der Waals surface area contributed by atoms with E-state index in [2.05, 4.69) is 10.3 Å². The Bertz CT molecular complexity index is 542. The van der Waals surface area contributed by atoms with Crippen molar-refractivity contribution in [1.29, 1.82) is 0 Å². The second-order valence-electron chi connectivity index (χ2n) is 5.35. The lowest BCUT2D eigenvalue weighted by molar-refractivity contribution is -0.130. The number of hydrogen-bond acceptors (Lipinski definition) is 5. The summed E-state index contributed by atoms with van der Waals surface area (Å²) in [6.45, 7) is 1.03.